The zero-order valence-corrected chi connectivity index (χ0v) is 17.2. The predicted octanol–water partition coefficient (Wildman–Crippen LogP) is 3.23. The standard InChI is InChI=1S/C21H22N2O3S2/c1-15-6-5-9-17(12-15)23-18-13-28(25,26)14-19(18)27-21(23)22-20(24)11-10-16-7-3-2-4-8-16/h2-9,12,18-19H,10-11,13-14H2,1H3/t18-,19-/m1/s1. The summed E-state index contributed by atoms with van der Waals surface area (Å²) in [5.74, 6) is 0.0735. The molecule has 4 rings (SSSR count). The number of nitrogens with zero attached hydrogens (tertiary/aromatic N) is 2. The van der Waals surface area contributed by atoms with Crippen LogP contribution in [-0.2, 0) is 21.1 Å². The average molecular weight is 415 g/mol. The summed E-state index contributed by atoms with van der Waals surface area (Å²) in [6.45, 7) is 2.00. The highest BCUT2D eigenvalue weighted by molar-refractivity contribution is 8.16. The third-order valence-corrected chi connectivity index (χ3v) is 8.25. The van der Waals surface area contributed by atoms with Gasteiger partial charge in [-0.2, -0.15) is 4.99 Å². The molecule has 2 aromatic rings. The summed E-state index contributed by atoms with van der Waals surface area (Å²) in [5, 5.41) is 0.541. The number of thioether (sulfide) groups is 1. The molecule has 2 atom stereocenters. The first-order valence-corrected chi connectivity index (χ1v) is 12.0. The fourth-order valence-electron chi connectivity index (χ4n) is 3.70. The van der Waals surface area contributed by atoms with Crippen LogP contribution in [0.4, 0.5) is 5.69 Å². The number of carbonyl (C=O) groups excluding carboxylic acids is 1. The molecule has 28 heavy (non-hydrogen) atoms. The van der Waals surface area contributed by atoms with Crippen molar-refractivity contribution in [2.24, 2.45) is 4.99 Å². The van der Waals surface area contributed by atoms with E-state index in [9.17, 15) is 13.2 Å². The maximum atomic E-state index is 12.5. The largest absolute Gasteiger partial charge is 0.316 e. The summed E-state index contributed by atoms with van der Waals surface area (Å²) >= 11 is 1.42. The van der Waals surface area contributed by atoms with Gasteiger partial charge in [0.05, 0.1) is 17.5 Å². The number of amidine groups is 1. The van der Waals surface area contributed by atoms with Crippen molar-refractivity contribution in [3.63, 3.8) is 0 Å². The van der Waals surface area contributed by atoms with Gasteiger partial charge in [0.15, 0.2) is 15.0 Å². The quantitative estimate of drug-likeness (QED) is 0.768. The summed E-state index contributed by atoms with van der Waals surface area (Å²) in [6.07, 6.45) is 0.982. The molecule has 2 aliphatic rings. The molecule has 2 heterocycles. The zero-order valence-electron chi connectivity index (χ0n) is 15.6. The second-order valence-corrected chi connectivity index (χ2v) is 10.6. The lowest BCUT2D eigenvalue weighted by molar-refractivity contribution is -0.117. The molecule has 7 heteroatoms. The smallest absolute Gasteiger partial charge is 0.248 e. The van der Waals surface area contributed by atoms with Crippen LogP contribution in [0.2, 0.25) is 0 Å². The molecule has 2 saturated heterocycles. The number of fused-ring (bicyclic) bond motifs is 1. The van der Waals surface area contributed by atoms with Gasteiger partial charge in [0.25, 0.3) is 0 Å². The molecular weight excluding hydrogens is 392 g/mol. The van der Waals surface area contributed by atoms with E-state index >= 15 is 0 Å². The molecule has 5 nitrogen and oxygen atoms in total. The minimum atomic E-state index is -3.06. The van der Waals surface area contributed by atoms with E-state index in [1.165, 1.54) is 11.8 Å². The summed E-state index contributed by atoms with van der Waals surface area (Å²) in [7, 11) is -3.06. The van der Waals surface area contributed by atoms with E-state index in [2.05, 4.69) is 4.99 Å². The van der Waals surface area contributed by atoms with Crippen molar-refractivity contribution in [1.29, 1.82) is 0 Å². The molecule has 2 aliphatic heterocycles. The third-order valence-electron chi connectivity index (χ3n) is 5.04. The molecule has 0 bridgehead atoms. The number of sulfone groups is 1. The average Bonchev–Trinajstić information content (AvgIpc) is 3.11. The van der Waals surface area contributed by atoms with E-state index in [-0.39, 0.29) is 28.7 Å². The fourth-order valence-corrected chi connectivity index (χ4v) is 7.63. The highest BCUT2D eigenvalue weighted by Crippen LogP contribution is 2.41. The Kier molecular flexibility index (Phi) is 5.29. The molecule has 2 aromatic carbocycles. The second kappa shape index (κ2) is 7.72. The van der Waals surface area contributed by atoms with Gasteiger partial charge in [-0.1, -0.05) is 54.2 Å². The molecule has 0 N–H and O–H groups in total. The molecule has 0 spiro atoms. The SMILES string of the molecule is Cc1cccc(N2C(=NC(=O)CCc3ccccc3)S[C@@H]3CS(=O)(=O)C[C@H]32)c1. The lowest BCUT2D eigenvalue weighted by Crippen LogP contribution is -2.37. The first-order valence-electron chi connectivity index (χ1n) is 9.30. The Morgan fingerprint density at radius 2 is 1.93 bits per heavy atom. The monoisotopic (exact) mass is 414 g/mol. The minimum absolute atomic E-state index is 0.0776. The number of rotatable bonds is 4. The first kappa shape index (κ1) is 19.2. The molecule has 0 radical (unpaired) electrons. The van der Waals surface area contributed by atoms with E-state index in [1.54, 1.807) is 0 Å². The minimum Gasteiger partial charge on any atom is -0.316 e. The van der Waals surface area contributed by atoms with Crippen LogP contribution in [0.15, 0.2) is 59.6 Å². The van der Waals surface area contributed by atoms with Crippen molar-refractivity contribution in [2.45, 2.75) is 31.1 Å². The van der Waals surface area contributed by atoms with Gasteiger partial charge in [-0.15, -0.1) is 0 Å². The summed E-state index contributed by atoms with van der Waals surface area (Å²) in [6, 6.07) is 17.6. The zero-order chi connectivity index (χ0) is 19.7. The molecule has 146 valence electrons. The van der Waals surface area contributed by atoms with Crippen LogP contribution in [0.3, 0.4) is 0 Å². The van der Waals surface area contributed by atoms with Crippen molar-refractivity contribution in [3.8, 4) is 0 Å². The molecule has 0 aromatic heterocycles. The number of benzene rings is 2. The van der Waals surface area contributed by atoms with Gasteiger partial charge in [0.1, 0.15) is 0 Å². The molecule has 0 unspecified atom stereocenters. The Balaban J connectivity index is 1.58. The van der Waals surface area contributed by atoms with Crippen LogP contribution in [0.25, 0.3) is 0 Å². The number of hydrogen-bond donors (Lipinski definition) is 0. The van der Waals surface area contributed by atoms with Crippen molar-refractivity contribution < 1.29 is 13.2 Å². The Labute approximate surface area is 169 Å². The Morgan fingerprint density at radius 3 is 2.68 bits per heavy atom. The van der Waals surface area contributed by atoms with Gasteiger partial charge in [-0.25, -0.2) is 8.42 Å². The van der Waals surface area contributed by atoms with E-state index < -0.39 is 9.84 Å². The molecule has 0 saturated carbocycles. The first-order chi connectivity index (χ1) is 13.4. The van der Waals surface area contributed by atoms with Crippen LogP contribution >= 0.6 is 11.8 Å². The predicted molar refractivity (Wildman–Crippen MR) is 115 cm³/mol. The number of amides is 1. The van der Waals surface area contributed by atoms with Crippen LogP contribution in [0.1, 0.15) is 17.5 Å². The molecule has 2 fully saturated rings. The second-order valence-electron chi connectivity index (χ2n) is 7.28. The topological polar surface area (TPSA) is 66.8 Å². The third kappa shape index (κ3) is 4.15. The van der Waals surface area contributed by atoms with Crippen molar-refractivity contribution in [2.75, 3.05) is 16.4 Å². The number of carbonyl (C=O) groups is 1. The van der Waals surface area contributed by atoms with Crippen LogP contribution in [0, 0.1) is 6.92 Å². The van der Waals surface area contributed by atoms with E-state index in [1.807, 2.05) is 66.4 Å². The van der Waals surface area contributed by atoms with Gasteiger partial charge in [0.2, 0.25) is 5.91 Å². The van der Waals surface area contributed by atoms with Crippen molar-refractivity contribution in [1.82, 2.24) is 0 Å². The fraction of sp³-hybridized carbons (Fsp3) is 0.333. The van der Waals surface area contributed by atoms with Gasteiger partial charge in [-0.3, -0.25) is 4.79 Å². The van der Waals surface area contributed by atoms with Crippen LogP contribution in [0.5, 0.6) is 0 Å². The summed E-state index contributed by atoms with van der Waals surface area (Å²) in [5.41, 5.74) is 3.09. The van der Waals surface area contributed by atoms with Crippen LogP contribution < -0.4 is 4.90 Å². The van der Waals surface area contributed by atoms with Crippen LogP contribution in [-0.4, -0.2) is 42.3 Å². The number of hydrogen-bond acceptors (Lipinski definition) is 4. The molecule has 0 aliphatic carbocycles. The van der Waals surface area contributed by atoms with E-state index in [4.69, 9.17) is 0 Å². The van der Waals surface area contributed by atoms with Gasteiger partial charge >= 0.3 is 0 Å². The maximum Gasteiger partial charge on any atom is 0.248 e. The summed E-state index contributed by atoms with van der Waals surface area (Å²) < 4.78 is 24.3. The lowest BCUT2D eigenvalue weighted by atomic mass is 10.1. The van der Waals surface area contributed by atoms with Crippen molar-refractivity contribution in [3.05, 3.63) is 65.7 Å². The van der Waals surface area contributed by atoms with Gasteiger partial charge in [0, 0.05) is 17.4 Å². The Bertz CT molecular complexity index is 1020. The normalized spacial score (nSPS) is 24.5. The highest BCUT2D eigenvalue weighted by Gasteiger charge is 2.49. The van der Waals surface area contributed by atoms with Crippen molar-refractivity contribution >= 4 is 38.4 Å². The number of aliphatic imine (C=N–C) groups is 1. The molecular formula is C21H22N2O3S2. The van der Waals surface area contributed by atoms with Gasteiger partial charge < -0.3 is 4.90 Å². The molecule has 1 amide bonds. The number of aryl methyl sites for hydroxylation is 2. The summed E-state index contributed by atoms with van der Waals surface area (Å²) in [4.78, 5) is 18.8. The Morgan fingerprint density at radius 1 is 1.14 bits per heavy atom. The Hall–Kier alpha value is -2.12. The lowest BCUT2D eigenvalue weighted by Gasteiger charge is -2.24. The van der Waals surface area contributed by atoms with E-state index in [0.717, 1.165) is 16.8 Å². The maximum absolute atomic E-state index is 12.5. The van der Waals surface area contributed by atoms with E-state index in [0.29, 0.717) is 18.0 Å². The number of anilines is 1. The van der Waals surface area contributed by atoms with Gasteiger partial charge in [-0.05, 0) is 36.6 Å². The highest BCUT2D eigenvalue weighted by atomic mass is 32.2.